The highest BCUT2D eigenvalue weighted by molar-refractivity contribution is 5.76. The third-order valence-electron chi connectivity index (χ3n) is 3.69. The molecule has 0 aliphatic heterocycles. The minimum absolute atomic E-state index is 0.0749. The third-order valence-corrected chi connectivity index (χ3v) is 3.69. The van der Waals surface area contributed by atoms with Crippen molar-refractivity contribution in [2.45, 2.75) is 38.2 Å². The van der Waals surface area contributed by atoms with E-state index in [0.29, 0.717) is 18.4 Å². The van der Waals surface area contributed by atoms with E-state index in [1.165, 1.54) is 0 Å². The topological polar surface area (TPSA) is 77.8 Å². The lowest BCUT2D eigenvalue weighted by atomic mass is 9.87. The molecule has 1 aromatic rings. The van der Waals surface area contributed by atoms with Crippen molar-refractivity contribution in [2.75, 3.05) is 0 Å². The number of aliphatic hydroxyl groups excluding tert-OH is 1. The van der Waals surface area contributed by atoms with Crippen molar-refractivity contribution < 1.29 is 20.1 Å². The van der Waals surface area contributed by atoms with Crippen LogP contribution in [0.15, 0.2) is 12.1 Å². The molecule has 1 saturated carbocycles. The van der Waals surface area contributed by atoms with E-state index in [2.05, 4.69) is 0 Å². The molecule has 3 N–H and O–H groups in total. The average molecular weight is 236 g/mol. The van der Waals surface area contributed by atoms with Gasteiger partial charge < -0.3 is 15.3 Å². The van der Waals surface area contributed by atoms with Crippen LogP contribution in [0.25, 0.3) is 0 Å². The molecule has 0 heterocycles. The van der Waals surface area contributed by atoms with E-state index in [4.69, 9.17) is 5.11 Å². The fraction of sp³-hybridized carbons (Fsp3) is 0.462. The smallest absolute Gasteiger partial charge is 0.333 e. The molecule has 1 aliphatic rings. The van der Waals surface area contributed by atoms with Crippen molar-refractivity contribution in [2.24, 2.45) is 0 Å². The van der Waals surface area contributed by atoms with Gasteiger partial charge in [0, 0.05) is 11.0 Å². The second kappa shape index (κ2) is 3.74. The third kappa shape index (κ3) is 1.78. The molecule has 0 amide bonds. The van der Waals surface area contributed by atoms with E-state index in [1.807, 2.05) is 13.8 Å². The molecule has 2 rings (SSSR count). The van der Waals surface area contributed by atoms with Gasteiger partial charge in [0.15, 0.2) is 6.10 Å². The Kier molecular flexibility index (Phi) is 2.62. The second-order valence-corrected chi connectivity index (χ2v) is 4.85. The van der Waals surface area contributed by atoms with Gasteiger partial charge in [-0.1, -0.05) is 6.07 Å². The maximum absolute atomic E-state index is 10.9. The van der Waals surface area contributed by atoms with E-state index in [0.717, 1.165) is 11.1 Å². The zero-order chi connectivity index (χ0) is 12.8. The first-order chi connectivity index (χ1) is 7.88. The maximum Gasteiger partial charge on any atom is 0.333 e. The summed E-state index contributed by atoms with van der Waals surface area (Å²) in [5.74, 6) is -1.16. The Labute approximate surface area is 99.5 Å². The Balaban J connectivity index is 2.47. The van der Waals surface area contributed by atoms with Crippen LogP contribution in [-0.2, 0) is 10.2 Å². The van der Waals surface area contributed by atoms with Gasteiger partial charge in [0.05, 0.1) is 0 Å². The fourth-order valence-corrected chi connectivity index (χ4v) is 2.26. The van der Waals surface area contributed by atoms with Crippen molar-refractivity contribution in [1.29, 1.82) is 0 Å². The lowest BCUT2D eigenvalue weighted by Crippen LogP contribution is -2.34. The normalized spacial score (nSPS) is 18.8. The number of carbonyl (C=O) groups is 1. The van der Waals surface area contributed by atoms with Gasteiger partial charge in [0.25, 0.3) is 0 Å². The lowest BCUT2D eigenvalue weighted by Gasteiger charge is -2.21. The standard InChI is InChI=1S/C13H16O4/c1-7-5-9(10(14)6-8(7)2)13(3-4-13)11(15)12(16)17/h5-6,11,14-15H,3-4H2,1-2H3,(H,16,17). The van der Waals surface area contributed by atoms with Crippen LogP contribution >= 0.6 is 0 Å². The van der Waals surface area contributed by atoms with Gasteiger partial charge in [-0.15, -0.1) is 0 Å². The minimum atomic E-state index is -1.45. The molecular formula is C13H16O4. The fourth-order valence-electron chi connectivity index (χ4n) is 2.26. The summed E-state index contributed by atoms with van der Waals surface area (Å²) in [5.41, 5.74) is 1.69. The number of phenols is 1. The SMILES string of the molecule is Cc1cc(O)c(C2(C(O)C(=O)O)CC2)cc1C. The van der Waals surface area contributed by atoms with E-state index < -0.39 is 17.5 Å². The molecule has 0 radical (unpaired) electrons. The molecule has 1 aromatic carbocycles. The maximum atomic E-state index is 10.9. The van der Waals surface area contributed by atoms with E-state index >= 15 is 0 Å². The summed E-state index contributed by atoms with van der Waals surface area (Å²) in [6, 6.07) is 3.41. The van der Waals surface area contributed by atoms with Gasteiger partial charge in [-0.05, 0) is 43.9 Å². The second-order valence-electron chi connectivity index (χ2n) is 4.85. The van der Waals surface area contributed by atoms with Gasteiger partial charge in [-0.2, -0.15) is 0 Å². The van der Waals surface area contributed by atoms with Gasteiger partial charge in [0.1, 0.15) is 5.75 Å². The van der Waals surface area contributed by atoms with Crippen molar-refractivity contribution in [1.82, 2.24) is 0 Å². The number of aryl methyl sites for hydroxylation is 2. The van der Waals surface area contributed by atoms with Crippen molar-refractivity contribution in [3.63, 3.8) is 0 Å². The zero-order valence-electron chi connectivity index (χ0n) is 9.90. The molecule has 4 nitrogen and oxygen atoms in total. The molecule has 17 heavy (non-hydrogen) atoms. The summed E-state index contributed by atoms with van der Waals surface area (Å²) >= 11 is 0. The predicted octanol–water partition coefficient (Wildman–Crippen LogP) is 1.49. The van der Waals surface area contributed by atoms with Crippen molar-refractivity contribution in [3.05, 3.63) is 28.8 Å². The van der Waals surface area contributed by atoms with Gasteiger partial charge >= 0.3 is 5.97 Å². The molecule has 0 spiro atoms. The van der Waals surface area contributed by atoms with Crippen LogP contribution < -0.4 is 0 Å². The first kappa shape index (κ1) is 11.9. The number of rotatable bonds is 3. The highest BCUT2D eigenvalue weighted by Crippen LogP contribution is 2.54. The number of aliphatic carboxylic acids is 1. The number of aromatic hydroxyl groups is 1. The molecular weight excluding hydrogens is 220 g/mol. The first-order valence-electron chi connectivity index (χ1n) is 5.60. The summed E-state index contributed by atoms with van der Waals surface area (Å²) in [6.07, 6.45) is -0.261. The Morgan fingerprint density at radius 1 is 1.29 bits per heavy atom. The molecule has 1 atom stereocenters. The van der Waals surface area contributed by atoms with Crippen LogP contribution in [0.4, 0.5) is 0 Å². The molecule has 1 aliphatic carbocycles. The number of carboxylic acid groups (broad SMARTS) is 1. The van der Waals surface area contributed by atoms with Crippen LogP contribution in [-0.4, -0.2) is 27.4 Å². The molecule has 0 bridgehead atoms. The summed E-state index contributed by atoms with van der Waals surface area (Å²) in [5, 5.41) is 28.6. The Hall–Kier alpha value is -1.55. The summed E-state index contributed by atoms with van der Waals surface area (Å²) in [6.45, 7) is 3.79. The highest BCUT2D eigenvalue weighted by Gasteiger charge is 2.54. The van der Waals surface area contributed by atoms with Gasteiger partial charge in [0.2, 0.25) is 0 Å². The molecule has 92 valence electrons. The number of benzene rings is 1. The highest BCUT2D eigenvalue weighted by atomic mass is 16.4. The largest absolute Gasteiger partial charge is 0.508 e. The monoisotopic (exact) mass is 236 g/mol. The van der Waals surface area contributed by atoms with E-state index in [-0.39, 0.29) is 5.75 Å². The van der Waals surface area contributed by atoms with Crippen LogP contribution in [0.3, 0.4) is 0 Å². The van der Waals surface area contributed by atoms with Crippen LogP contribution in [0, 0.1) is 13.8 Å². The molecule has 1 fully saturated rings. The van der Waals surface area contributed by atoms with Crippen molar-refractivity contribution in [3.8, 4) is 5.75 Å². The summed E-state index contributed by atoms with van der Waals surface area (Å²) in [7, 11) is 0. The molecule has 1 unspecified atom stereocenters. The molecule has 0 aromatic heterocycles. The summed E-state index contributed by atoms with van der Waals surface area (Å²) < 4.78 is 0. The molecule has 4 heteroatoms. The Morgan fingerprint density at radius 2 is 1.82 bits per heavy atom. The minimum Gasteiger partial charge on any atom is -0.508 e. The number of hydrogen-bond acceptors (Lipinski definition) is 3. The first-order valence-corrected chi connectivity index (χ1v) is 5.60. The van der Waals surface area contributed by atoms with Gasteiger partial charge in [-0.3, -0.25) is 0 Å². The lowest BCUT2D eigenvalue weighted by molar-refractivity contribution is -0.148. The zero-order valence-corrected chi connectivity index (χ0v) is 9.90. The number of carboxylic acids is 1. The van der Waals surface area contributed by atoms with E-state index in [9.17, 15) is 15.0 Å². The molecule has 0 saturated heterocycles. The van der Waals surface area contributed by atoms with Gasteiger partial charge in [-0.25, -0.2) is 4.79 Å². The quantitative estimate of drug-likeness (QED) is 0.743. The van der Waals surface area contributed by atoms with Crippen LogP contribution in [0.5, 0.6) is 5.75 Å². The number of aliphatic hydroxyl groups is 1. The van der Waals surface area contributed by atoms with Crippen molar-refractivity contribution >= 4 is 5.97 Å². The number of phenolic OH excluding ortho intramolecular Hbond substituents is 1. The van der Waals surface area contributed by atoms with E-state index in [1.54, 1.807) is 12.1 Å². The Morgan fingerprint density at radius 3 is 2.29 bits per heavy atom. The number of hydrogen-bond donors (Lipinski definition) is 3. The van der Waals surface area contributed by atoms with Crippen LogP contribution in [0.2, 0.25) is 0 Å². The predicted molar refractivity (Wildman–Crippen MR) is 62.1 cm³/mol. The van der Waals surface area contributed by atoms with Crippen LogP contribution in [0.1, 0.15) is 29.5 Å². The summed E-state index contributed by atoms with van der Waals surface area (Å²) in [4.78, 5) is 10.9. The average Bonchev–Trinajstić information content (AvgIpc) is 3.03. The Bertz CT molecular complexity index is 475.